The second kappa shape index (κ2) is 11.0. The lowest BCUT2D eigenvalue weighted by Gasteiger charge is -2.20. The van der Waals surface area contributed by atoms with Crippen LogP contribution in [0.15, 0.2) is 77.7 Å². The van der Waals surface area contributed by atoms with Gasteiger partial charge in [0.15, 0.2) is 0 Å². The second-order valence-corrected chi connectivity index (χ2v) is 8.52. The third kappa shape index (κ3) is 5.10. The highest BCUT2D eigenvalue weighted by Crippen LogP contribution is 2.30. The maximum absolute atomic E-state index is 13.8. The summed E-state index contributed by atoms with van der Waals surface area (Å²) < 4.78 is 6.92. The van der Waals surface area contributed by atoms with Crippen LogP contribution in [0.3, 0.4) is 0 Å². The number of ether oxygens (including phenoxy) is 1. The van der Waals surface area contributed by atoms with Crippen molar-refractivity contribution < 1.29 is 14.6 Å². The molecule has 7 nitrogen and oxygen atoms in total. The Hall–Kier alpha value is -3.97. The number of aromatic nitrogens is 2. The molecule has 0 saturated heterocycles. The number of hydrogen-bond donors (Lipinski definition) is 2. The maximum Gasteiger partial charge on any atom is 0.277 e. The number of benzene rings is 2. The fraction of sp³-hybridized carbons (Fsp3) is 0.250. The SMILES string of the molecule is COc1ccccc1CNC(=O)c1c(-c2ccccc2)c2cccnc2c(=O)n1CC[C@@H](C)CO. The largest absolute Gasteiger partial charge is 0.496 e. The van der Waals surface area contributed by atoms with Crippen LogP contribution in [0.2, 0.25) is 0 Å². The number of carbonyl (C=O) groups is 1. The average molecular weight is 472 g/mol. The van der Waals surface area contributed by atoms with E-state index in [-0.39, 0.29) is 42.8 Å². The number of amides is 1. The summed E-state index contributed by atoms with van der Waals surface area (Å²) in [5.41, 5.74) is 2.56. The van der Waals surface area contributed by atoms with Gasteiger partial charge in [0.05, 0.1) is 7.11 Å². The van der Waals surface area contributed by atoms with Crippen LogP contribution in [-0.2, 0) is 13.1 Å². The topological polar surface area (TPSA) is 93.5 Å². The van der Waals surface area contributed by atoms with E-state index in [4.69, 9.17) is 4.74 Å². The molecule has 0 aliphatic carbocycles. The van der Waals surface area contributed by atoms with Crippen LogP contribution in [0.4, 0.5) is 0 Å². The first kappa shape index (κ1) is 24.2. The Morgan fingerprint density at radius 1 is 1.09 bits per heavy atom. The van der Waals surface area contributed by atoms with Gasteiger partial charge in [0.25, 0.3) is 11.5 Å². The molecule has 0 saturated carbocycles. The third-order valence-electron chi connectivity index (χ3n) is 6.10. The minimum Gasteiger partial charge on any atom is -0.496 e. The van der Waals surface area contributed by atoms with Gasteiger partial charge in [-0.1, -0.05) is 61.5 Å². The predicted octanol–water partition coefficient (Wildman–Crippen LogP) is 4.02. The summed E-state index contributed by atoms with van der Waals surface area (Å²) in [5, 5.41) is 13.1. The van der Waals surface area contributed by atoms with E-state index in [0.717, 1.165) is 11.1 Å². The molecule has 4 aromatic rings. The number of aliphatic hydroxyl groups excluding tert-OH is 1. The highest BCUT2D eigenvalue weighted by Gasteiger charge is 2.24. The standard InChI is InChI=1S/C28H29N3O4/c1-19(18-32)14-16-31-26(27(33)30-17-21-11-6-7-13-23(21)35-2)24(20-9-4-3-5-10-20)22-12-8-15-29-25(22)28(31)34/h3-13,15,19,32H,14,16-18H2,1-2H3,(H,30,33)/t19-/m1/s1. The number of carbonyl (C=O) groups excluding carboxylic acids is 1. The van der Waals surface area contributed by atoms with Crippen LogP contribution < -0.4 is 15.6 Å². The Labute approximate surface area is 204 Å². The van der Waals surface area contributed by atoms with Gasteiger partial charge in [-0.3, -0.25) is 14.6 Å². The van der Waals surface area contributed by atoms with Crippen LogP contribution in [0.1, 0.15) is 29.4 Å². The summed E-state index contributed by atoms with van der Waals surface area (Å²) in [7, 11) is 1.59. The number of hydrogen-bond acceptors (Lipinski definition) is 5. The molecule has 0 spiro atoms. The summed E-state index contributed by atoms with van der Waals surface area (Å²) in [6, 6.07) is 20.6. The predicted molar refractivity (Wildman–Crippen MR) is 136 cm³/mol. The minimum atomic E-state index is -0.366. The van der Waals surface area contributed by atoms with Crippen molar-refractivity contribution in [1.29, 1.82) is 0 Å². The zero-order chi connectivity index (χ0) is 24.8. The molecule has 4 rings (SSSR count). The molecule has 0 aliphatic rings. The van der Waals surface area contributed by atoms with E-state index >= 15 is 0 Å². The van der Waals surface area contributed by atoms with E-state index in [1.54, 1.807) is 19.4 Å². The van der Waals surface area contributed by atoms with Gasteiger partial charge in [-0.15, -0.1) is 0 Å². The molecule has 7 heteroatoms. The Balaban J connectivity index is 1.88. The zero-order valence-corrected chi connectivity index (χ0v) is 19.9. The van der Waals surface area contributed by atoms with Crippen molar-refractivity contribution in [3.8, 4) is 16.9 Å². The van der Waals surface area contributed by atoms with Crippen molar-refractivity contribution in [2.45, 2.75) is 26.4 Å². The number of aliphatic hydroxyl groups is 1. The zero-order valence-electron chi connectivity index (χ0n) is 19.9. The Bertz CT molecular complexity index is 1380. The van der Waals surface area contributed by atoms with Gasteiger partial charge in [-0.05, 0) is 30.0 Å². The maximum atomic E-state index is 13.8. The summed E-state index contributed by atoms with van der Waals surface area (Å²) in [5.74, 6) is 0.285. The Morgan fingerprint density at radius 2 is 1.83 bits per heavy atom. The lowest BCUT2D eigenvalue weighted by Crippen LogP contribution is -2.34. The molecule has 2 N–H and O–H groups in total. The minimum absolute atomic E-state index is 0.00144. The van der Waals surface area contributed by atoms with Crippen molar-refractivity contribution in [1.82, 2.24) is 14.9 Å². The highest BCUT2D eigenvalue weighted by atomic mass is 16.5. The van der Waals surface area contributed by atoms with Crippen LogP contribution in [0.5, 0.6) is 5.75 Å². The van der Waals surface area contributed by atoms with Crippen LogP contribution >= 0.6 is 0 Å². The van der Waals surface area contributed by atoms with Gasteiger partial charge >= 0.3 is 0 Å². The average Bonchev–Trinajstić information content (AvgIpc) is 2.91. The molecule has 35 heavy (non-hydrogen) atoms. The number of methoxy groups -OCH3 is 1. The number of fused-ring (bicyclic) bond motifs is 1. The summed E-state index contributed by atoms with van der Waals surface area (Å²) in [6.45, 7) is 2.43. The fourth-order valence-electron chi connectivity index (χ4n) is 4.16. The summed E-state index contributed by atoms with van der Waals surface area (Å²) in [4.78, 5) is 31.7. The number of pyridine rings is 2. The molecule has 2 aromatic heterocycles. The van der Waals surface area contributed by atoms with E-state index in [1.165, 1.54) is 4.57 Å². The smallest absolute Gasteiger partial charge is 0.277 e. The molecule has 0 fully saturated rings. The van der Waals surface area contributed by atoms with Crippen LogP contribution in [-0.4, -0.2) is 34.3 Å². The van der Waals surface area contributed by atoms with E-state index in [1.807, 2.05) is 67.6 Å². The van der Waals surface area contributed by atoms with Crippen molar-refractivity contribution in [2.75, 3.05) is 13.7 Å². The van der Waals surface area contributed by atoms with Gasteiger partial charge in [-0.25, -0.2) is 0 Å². The van der Waals surface area contributed by atoms with E-state index in [0.29, 0.717) is 28.6 Å². The molecular weight excluding hydrogens is 442 g/mol. The molecule has 0 bridgehead atoms. The third-order valence-corrected chi connectivity index (χ3v) is 6.10. The molecule has 2 heterocycles. The molecule has 0 unspecified atom stereocenters. The quantitative estimate of drug-likeness (QED) is 0.385. The van der Waals surface area contributed by atoms with Crippen molar-refractivity contribution in [3.63, 3.8) is 0 Å². The number of rotatable bonds is 9. The second-order valence-electron chi connectivity index (χ2n) is 8.52. The van der Waals surface area contributed by atoms with Crippen LogP contribution in [0, 0.1) is 5.92 Å². The summed E-state index contributed by atoms with van der Waals surface area (Å²) in [6.07, 6.45) is 2.12. The first-order chi connectivity index (χ1) is 17.0. The molecule has 0 aliphatic heterocycles. The molecule has 0 radical (unpaired) electrons. The van der Waals surface area contributed by atoms with Gasteiger partial charge in [0.2, 0.25) is 0 Å². The molecule has 1 amide bonds. The first-order valence-corrected chi connectivity index (χ1v) is 11.6. The van der Waals surface area contributed by atoms with E-state index in [2.05, 4.69) is 10.3 Å². The molecule has 2 aromatic carbocycles. The van der Waals surface area contributed by atoms with Crippen molar-refractivity contribution in [2.24, 2.45) is 5.92 Å². The number of nitrogens with one attached hydrogen (secondary N) is 1. The van der Waals surface area contributed by atoms with Gasteiger partial charge in [-0.2, -0.15) is 0 Å². The molecule has 1 atom stereocenters. The summed E-state index contributed by atoms with van der Waals surface area (Å²) >= 11 is 0. The van der Waals surface area contributed by atoms with Gasteiger partial charge < -0.3 is 19.7 Å². The molecular formula is C28H29N3O4. The first-order valence-electron chi connectivity index (χ1n) is 11.6. The monoisotopic (exact) mass is 471 g/mol. The van der Waals surface area contributed by atoms with Crippen LogP contribution in [0.25, 0.3) is 22.0 Å². The molecule has 180 valence electrons. The van der Waals surface area contributed by atoms with Crippen molar-refractivity contribution >= 4 is 16.8 Å². The number of nitrogens with zero attached hydrogens (tertiary/aromatic N) is 2. The van der Waals surface area contributed by atoms with Crippen molar-refractivity contribution in [3.05, 3.63) is 94.5 Å². The van der Waals surface area contributed by atoms with E-state index < -0.39 is 0 Å². The Morgan fingerprint density at radius 3 is 2.57 bits per heavy atom. The highest BCUT2D eigenvalue weighted by molar-refractivity contribution is 6.07. The lowest BCUT2D eigenvalue weighted by molar-refractivity contribution is 0.0940. The Kier molecular flexibility index (Phi) is 7.57. The number of para-hydroxylation sites is 1. The van der Waals surface area contributed by atoms with Gasteiger partial charge in [0.1, 0.15) is 17.0 Å². The van der Waals surface area contributed by atoms with E-state index in [9.17, 15) is 14.7 Å². The fourth-order valence-corrected chi connectivity index (χ4v) is 4.16. The normalized spacial score (nSPS) is 11.9. The van der Waals surface area contributed by atoms with Gasteiger partial charge in [0, 0.05) is 42.4 Å². The lowest BCUT2D eigenvalue weighted by atomic mass is 9.97.